The lowest BCUT2D eigenvalue weighted by Crippen LogP contribution is -2.55. The molecule has 3 N–H and O–H groups in total. The van der Waals surface area contributed by atoms with Gasteiger partial charge in [0.2, 0.25) is 5.95 Å². The summed E-state index contributed by atoms with van der Waals surface area (Å²) in [5.74, 6) is 1.83. The molecule has 5 rings (SSSR count). The van der Waals surface area contributed by atoms with Crippen molar-refractivity contribution >= 4 is 17.5 Å². The lowest BCUT2D eigenvalue weighted by atomic mass is 9.83. The van der Waals surface area contributed by atoms with Gasteiger partial charge in [0.1, 0.15) is 11.4 Å². The average Bonchev–Trinajstić information content (AvgIpc) is 3.25. The molecule has 4 fully saturated rings. The van der Waals surface area contributed by atoms with Crippen molar-refractivity contribution in [1.29, 1.82) is 0 Å². The van der Waals surface area contributed by atoms with Crippen molar-refractivity contribution in [3.63, 3.8) is 0 Å². The quantitative estimate of drug-likeness (QED) is 0.439. The molecule has 0 bridgehead atoms. The molecule has 0 radical (unpaired) electrons. The Kier molecular flexibility index (Phi) is 9.89. The number of aromatic nitrogens is 2. The average molecular weight is 527 g/mol. The summed E-state index contributed by atoms with van der Waals surface area (Å²) in [7, 11) is 0. The van der Waals surface area contributed by atoms with Gasteiger partial charge in [-0.3, -0.25) is 9.69 Å². The maximum Gasteiger partial charge on any atom is 0.224 e. The molecule has 4 heterocycles. The summed E-state index contributed by atoms with van der Waals surface area (Å²) in [5, 5.41) is 17.9. The van der Waals surface area contributed by atoms with Gasteiger partial charge in [0.05, 0.1) is 0 Å². The molecule has 212 valence electrons. The maximum atomic E-state index is 13.0. The Labute approximate surface area is 229 Å². The highest BCUT2D eigenvalue weighted by molar-refractivity contribution is 5.87. The molecule has 3 saturated heterocycles. The summed E-state index contributed by atoms with van der Waals surface area (Å²) >= 11 is 0. The fourth-order valence-corrected chi connectivity index (χ4v) is 7.37. The van der Waals surface area contributed by atoms with E-state index in [0.717, 1.165) is 63.8 Å². The molecule has 1 unspecified atom stereocenters. The summed E-state index contributed by atoms with van der Waals surface area (Å²) < 4.78 is 0. The topological polar surface area (TPSA) is 93.6 Å². The number of carbonyl (C=O) groups is 1. The van der Waals surface area contributed by atoms with Crippen molar-refractivity contribution in [3.8, 4) is 0 Å². The molecule has 1 aliphatic carbocycles. The number of anilines is 2. The van der Waals surface area contributed by atoms with E-state index in [-0.39, 0.29) is 11.8 Å². The van der Waals surface area contributed by atoms with E-state index in [4.69, 9.17) is 4.98 Å². The van der Waals surface area contributed by atoms with E-state index in [1.165, 1.54) is 64.2 Å². The minimum absolute atomic E-state index is 0.0389. The van der Waals surface area contributed by atoms with Crippen molar-refractivity contribution < 1.29 is 9.90 Å². The van der Waals surface area contributed by atoms with Gasteiger partial charge >= 0.3 is 0 Å². The van der Waals surface area contributed by atoms with E-state index in [1.54, 1.807) is 0 Å². The van der Waals surface area contributed by atoms with Gasteiger partial charge in [-0.1, -0.05) is 32.1 Å². The highest BCUT2D eigenvalue weighted by Gasteiger charge is 2.38. The van der Waals surface area contributed by atoms with Crippen LogP contribution in [0, 0.1) is 0 Å². The van der Waals surface area contributed by atoms with Crippen LogP contribution in [-0.4, -0.2) is 82.2 Å². The number of aliphatic hydroxyl groups is 1. The third-order valence-electron chi connectivity index (χ3n) is 9.60. The number of hydrogen-bond donors (Lipinski definition) is 3. The monoisotopic (exact) mass is 526 g/mol. The predicted octanol–water partition coefficient (Wildman–Crippen LogP) is 4.29. The number of rotatable bonds is 9. The lowest BCUT2D eigenvalue weighted by Gasteiger charge is -2.47. The standard InChI is InChI=1S/C30H50N6O2/c37-27(30(38)16-19-31-20-17-30)14-8-13-26-25(12-9-23-36(26)24-10-4-3-5-11-24)33-29-32-18-15-28(34-29)35-21-6-1-2-7-22-35/h15,18,24-26,31,38H,1-14,16-17,19-23H2,(H,32,33,34)/t25-,26?/m0/s1. The van der Waals surface area contributed by atoms with Crippen LogP contribution in [0.25, 0.3) is 0 Å². The minimum atomic E-state index is -1.12. The summed E-state index contributed by atoms with van der Waals surface area (Å²) in [6.07, 6.45) is 19.2. The van der Waals surface area contributed by atoms with E-state index < -0.39 is 5.60 Å². The SMILES string of the molecule is O=C(CCCC1[C@@H](Nc2nccc(N3CCCCCC3)n2)CCCN1C1CCCCC1)C1(O)CCNCC1. The summed E-state index contributed by atoms with van der Waals surface area (Å²) in [6.45, 7) is 4.75. The van der Waals surface area contributed by atoms with Crippen molar-refractivity contribution in [3.05, 3.63) is 12.3 Å². The van der Waals surface area contributed by atoms with Gasteiger partial charge in [0.25, 0.3) is 0 Å². The smallest absolute Gasteiger partial charge is 0.224 e. The van der Waals surface area contributed by atoms with Gasteiger partial charge in [-0.2, -0.15) is 4.98 Å². The Morgan fingerprint density at radius 1 is 1.00 bits per heavy atom. The van der Waals surface area contributed by atoms with Crippen LogP contribution in [0.15, 0.2) is 12.3 Å². The molecule has 38 heavy (non-hydrogen) atoms. The third-order valence-corrected chi connectivity index (χ3v) is 9.60. The Morgan fingerprint density at radius 2 is 1.74 bits per heavy atom. The number of nitrogens with zero attached hydrogens (tertiary/aromatic N) is 4. The van der Waals surface area contributed by atoms with Gasteiger partial charge < -0.3 is 20.6 Å². The van der Waals surface area contributed by atoms with E-state index in [1.807, 2.05) is 6.20 Å². The molecule has 2 atom stereocenters. The van der Waals surface area contributed by atoms with Crippen molar-refractivity contribution in [2.45, 2.75) is 126 Å². The molecular formula is C30H50N6O2. The largest absolute Gasteiger partial charge is 0.382 e. The molecule has 8 nitrogen and oxygen atoms in total. The zero-order valence-electron chi connectivity index (χ0n) is 23.4. The van der Waals surface area contributed by atoms with E-state index in [0.29, 0.717) is 31.3 Å². The zero-order chi connectivity index (χ0) is 26.2. The van der Waals surface area contributed by atoms with E-state index >= 15 is 0 Å². The first-order chi connectivity index (χ1) is 18.6. The number of ketones is 1. The van der Waals surface area contributed by atoms with Gasteiger partial charge in [-0.15, -0.1) is 0 Å². The van der Waals surface area contributed by atoms with Crippen molar-refractivity contribution in [1.82, 2.24) is 20.2 Å². The Hall–Kier alpha value is -1.77. The molecule has 0 aromatic carbocycles. The molecule has 8 heteroatoms. The van der Waals surface area contributed by atoms with Crippen molar-refractivity contribution in [2.75, 3.05) is 42.9 Å². The van der Waals surface area contributed by atoms with Crippen molar-refractivity contribution in [2.24, 2.45) is 0 Å². The van der Waals surface area contributed by atoms with E-state index in [9.17, 15) is 9.90 Å². The third kappa shape index (κ3) is 7.05. The summed E-state index contributed by atoms with van der Waals surface area (Å²) in [4.78, 5) is 27.8. The first-order valence-electron chi connectivity index (χ1n) is 15.7. The number of likely N-dealkylation sites (tertiary alicyclic amines) is 1. The second kappa shape index (κ2) is 13.5. The van der Waals surface area contributed by atoms with Gasteiger partial charge in [0.15, 0.2) is 5.78 Å². The first kappa shape index (κ1) is 27.8. The second-order valence-corrected chi connectivity index (χ2v) is 12.2. The van der Waals surface area contributed by atoms with Gasteiger partial charge in [-0.05, 0) is 89.9 Å². The number of hydrogen-bond acceptors (Lipinski definition) is 8. The highest BCUT2D eigenvalue weighted by Crippen LogP contribution is 2.33. The Morgan fingerprint density at radius 3 is 2.50 bits per heavy atom. The zero-order valence-corrected chi connectivity index (χ0v) is 23.4. The number of piperidine rings is 2. The Bertz CT molecular complexity index is 877. The van der Waals surface area contributed by atoms with Gasteiger partial charge in [0, 0.05) is 43.8 Å². The lowest BCUT2D eigenvalue weighted by molar-refractivity contribution is -0.140. The number of nitrogens with one attached hydrogen (secondary N) is 2. The predicted molar refractivity (Wildman–Crippen MR) is 153 cm³/mol. The molecule has 3 aliphatic heterocycles. The van der Waals surface area contributed by atoms with Crippen LogP contribution in [0.5, 0.6) is 0 Å². The fourth-order valence-electron chi connectivity index (χ4n) is 7.37. The molecule has 0 amide bonds. The fraction of sp³-hybridized carbons (Fsp3) is 0.833. The minimum Gasteiger partial charge on any atom is -0.382 e. The summed E-state index contributed by atoms with van der Waals surface area (Å²) in [6, 6.07) is 3.35. The molecular weight excluding hydrogens is 476 g/mol. The number of Topliss-reactive ketones (excluding diaryl/α,β-unsaturated/α-hetero) is 1. The molecule has 4 aliphatic rings. The van der Waals surface area contributed by atoms with Crippen LogP contribution in [0.3, 0.4) is 0 Å². The van der Waals surface area contributed by atoms with Gasteiger partial charge in [-0.25, -0.2) is 4.98 Å². The van der Waals surface area contributed by atoms with Crippen LogP contribution in [-0.2, 0) is 4.79 Å². The van der Waals surface area contributed by atoms with E-state index in [2.05, 4.69) is 31.5 Å². The first-order valence-corrected chi connectivity index (χ1v) is 15.7. The van der Waals surface area contributed by atoms with Crippen LogP contribution in [0.1, 0.15) is 103 Å². The Balaban J connectivity index is 1.26. The molecule has 1 aromatic rings. The number of carbonyl (C=O) groups excluding carboxylic acids is 1. The normalized spacial score (nSPS) is 27.6. The van der Waals surface area contributed by atoms with Crippen LogP contribution >= 0.6 is 0 Å². The van der Waals surface area contributed by atoms with Crippen LogP contribution in [0.2, 0.25) is 0 Å². The highest BCUT2D eigenvalue weighted by atomic mass is 16.3. The molecule has 1 aromatic heterocycles. The second-order valence-electron chi connectivity index (χ2n) is 12.2. The molecule has 1 saturated carbocycles. The molecule has 0 spiro atoms. The van der Waals surface area contributed by atoms with Crippen LogP contribution < -0.4 is 15.5 Å². The van der Waals surface area contributed by atoms with Crippen LogP contribution in [0.4, 0.5) is 11.8 Å². The maximum absolute atomic E-state index is 13.0. The summed E-state index contributed by atoms with van der Waals surface area (Å²) in [5.41, 5.74) is -1.12.